The summed E-state index contributed by atoms with van der Waals surface area (Å²) >= 11 is 1.76. The lowest BCUT2D eigenvalue weighted by Gasteiger charge is -2.25. The van der Waals surface area contributed by atoms with E-state index >= 15 is 0 Å². The van der Waals surface area contributed by atoms with Gasteiger partial charge in [0.05, 0.1) is 13.2 Å². The van der Waals surface area contributed by atoms with Crippen LogP contribution >= 0.6 is 11.3 Å². The largest absolute Gasteiger partial charge is 0.463 e. The zero-order valence-electron chi connectivity index (χ0n) is 12.8. The lowest BCUT2D eigenvalue weighted by atomic mass is 9.91. The van der Waals surface area contributed by atoms with Crippen LogP contribution in [-0.4, -0.2) is 19.6 Å². The van der Waals surface area contributed by atoms with Crippen molar-refractivity contribution in [2.75, 3.05) is 13.7 Å². The summed E-state index contributed by atoms with van der Waals surface area (Å²) in [6.07, 6.45) is 0. The van der Waals surface area contributed by atoms with Gasteiger partial charge < -0.3 is 14.5 Å². The molecule has 0 aliphatic heterocycles. The average Bonchev–Trinajstić information content (AvgIpc) is 3.14. The molecule has 1 N–H and O–H groups in total. The van der Waals surface area contributed by atoms with Gasteiger partial charge in [0.25, 0.3) is 0 Å². The van der Waals surface area contributed by atoms with E-state index in [2.05, 4.69) is 41.4 Å². The van der Waals surface area contributed by atoms with Crippen LogP contribution in [0.3, 0.4) is 0 Å². The number of ether oxygens (including phenoxy) is 1. The first kappa shape index (κ1) is 15.8. The molecule has 1 unspecified atom stereocenters. The first-order valence-electron chi connectivity index (χ1n) is 6.89. The highest BCUT2D eigenvalue weighted by molar-refractivity contribution is 7.10. The number of carbonyl (C=O) groups is 1. The van der Waals surface area contributed by atoms with Crippen LogP contribution in [0, 0.1) is 0 Å². The van der Waals surface area contributed by atoms with Crippen LogP contribution in [0.15, 0.2) is 34.1 Å². The van der Waals surface area contributed by atoms with Crippen molar-refractivity contribution in [1.82, 2.24) is 5.32 Å². The molecule has 21 heavy (non-hydrogen) atoms. The number of nitrogens with one attached hydrogen (secondary N) is 1. The van der Waals surface area contributed by atoms with Crippen LogP contribution in [0.2, 0.25) is 0 Å². The van der Waals surface area contributed by atoms with Gasteiger partial charge in [-0.15, -0.1) is 11.3 Å². The number of hydrogen-bond donors (Lipinski definition) is 1. The first-order chi connectivity index (χ1) is 9.94. The second-order valence-electron chi connectivity index (χ2n) is 5.66. The molecule has 0 aromatic carbocycles. The summed E-state index contributed by atoms with van der Waals surface area (Å²) < 4.78 is 10.2. The van der Waals surface area contributed by atoms with Gasteiger partial charge in [-0.2, -0.15) is 0 Å². The Hall–Kier alpha value is -1.59. The molecule has 0 aliphatic carbocycles. The molecule has 2 heterocycles. The maximum Gasteiger partial charge on any atom is 0.373 e. The lowest BCUT2D eigenvalue weighted by molar-refractivity contribution is 0.0562. The molecule has 0 saturated carbocycles. The summed E-state index contributed by atoms with van der Waals surface area (Å²) in [4.78, 5) is 12.7. The Kier molecular flexibility index (Phi) is 4.85. The minimum Gasteiger partial charge on any atom is -0.463 e. The normalized spacial score (nSPS) is 13.1. The van der Waals surface area contributed by atoms with Crippen LogP contribution in [0.1, 0.15) is 48.0 Å². The fourth-order valence-corrected chi connectivity index (χ4v) is 2.91. The van der Waals surface area contributed by atoms with E-state index in [1.165, 1.54) is 12.0 Å². The predicted octanol–water partition coefficient (Wildman–Crippen LogP) is 3.76. The van der Waals surface area contributed by atoms with Crippen molar-refractivity contribution >= 4 is 17.3 Å². The number of hydrogen-bond acceptors (Lipinski definition) is 5. The molecule has 0 bridgehead atoms. The molecule has 2 aromatic rings. The van der Waals surface area contributed by atoms with Crippen molar-refractivity contribution in [2.24, 2.45) is 0 Å². The summed E-state index contributed by atoms with van der Waals surface area (Å²) in [7, 11) is 1.34. The number of rotatable bonds is 6. The van der Waals surface area contributed by atoms with Gasteiger partial charge in [-0.1, -0.05) is 19.9 Å². The minimum absolute atomic E-state index is 0.0302. The summed E-state index contributed by atoms with van der Waals surface area (Å²) in [6.45, 7) is 7.26. The Labute approximate surface area is 129 Å². The maximum absolute atomic E-state index is 11.4. The topological polar surface area (TPSA) is 51.5 Å². The van der Waals surface area contributed by atoms with Gasteiger partial charge in [0, 0.05) is 16.8 Å². The smallest absolute Gasteiger partial charge is 0.373 e. The Morgan fingerprint density at radius 2 is 2.19 bits per heavy atom. The molecule has 114 valence electrons. The van der Waals surface area contributed by atoms with Gasteiger partial charge in [-0.25, -0.2) is 4.79 Å². The number of thiophene rings is 1. The van der Waals surface area contributed by atoms with Crippen LogP contribution < -0.4 is 5.32 Å². The zero-order chi connectivity index (χ0) is 15.5. The van der Waals surface area contributed by atoms with Gasteiger partial charge in [0.15, 0.2) is 0 Å². The molecule has 0 amide bonds. The van der Waals surface area contributed by atoms with E-state index in [-0.39, 0.29) is 17.2 Å². The molecular formula is C16H21NO3S. The van der Waals surface area contributed by atoms with Gasteiger partial charge in [-0.05, 0) is 30.5 Å². The molecular weight excluding hydrogens is 286 g/mol. The monoisotopic (exact) mass is 307 g/mol. The molecule has 0 radical (unpaired) electrons. The molecule has 0 saturated heterocycles. The number of carbonyl (C=O) groups excluding carboxylic acids is 1. The van der Waals surface area contributed by atoms with Crippen molar-refractivity contribution in [3.8, 4) is 0 Å². The van der Waals surface area contributed by atoms with E-state index < -0.39 is 5.97 Å². The number of furan rings is 1. The SMILES string of the molecule is COC(=O)c1ccc(C(C)NCC(C)(C)c2cccs2)o1. The van der Waals surface area contributed by atoms with E-state index in [4.69, 9.17) is 4.42 Å². The maximum atomic E-state index is 11.4. The van der Waals surface area contributed by atoms with Crippen LogP contribution in [0.4, 0.5) is 0 Å². The summed E-state index contributed by atoms with van der Waals surface area (Å²) in [6, 6.07) is 7.70. The standard InChI is InChI=1S/C16H21NO3S/c1-11(12-7-8-13(20-12)15(18)19-4)17-10-16(2,3)14-6-5-9-21-14/h5-9,11,17H,10H2,1-4H3. The summed E-state index contributed by atoms with van der Waals surface area (Å²) in [5, 5.41) is 5.55. The van der Waals surface area contributed by atoms with Crippen molar-refractivity contribution in [3.63, 3.8) is 0 Å². The highest BCUT2D eigenvalue weighted by Gasteiger charge is 2.23. The summed E-state index contributed by atoms with van der Waals surface area (Å²) in [5.74, 6) is 0.517. The molecule has 2 rings (SSSR count). The zero-order valence-corrected chi connectivity index (χ0v) is 13.6. The number of esters is 1. The third-order valence-corrected chi connectivity index (χ3v) is 4.71. The molecule has 1 atom stereocenters. The Balaban J connectivity index is 1.97. The van der Waals surface area contributed by atoms with Crippen molar-refractivity contribution < 1.29 is 13.9 Å². The van der Waals surface area contributed by atoms with E-state index in [9.17, 15) is 4.79 Å². The van der Waals surface area contributed by atoms with Crippen molar-refractivity contribution in [3.05, 3.63) is 46.0 Å². The number of methoxy groups -OCH3 is 1. The summed E-state index contributed by atoms with van der Waals surface area (Å²) in [5.41, 5.74) is 0.0558. The van der Waals surface area contributed by atoms with E-state index in [0.29, 0.717) is 0 Å². The van der Waals surface area contributed by atoms with Gasteiger partial charge in [0.1, 0.15) is 5.76 Å². The van der Waals surface area contributed by atoms with Crippen LogP contribution in [0.5, 0.6) is 0 Å². The van der Waals surface area contributed by atoms with Crippen molar-refractivity contribution in [1.29, 1.82) is 0 Å². The molecule has 2 aromatic heterocycles. The van der Waals surface area contributed by atoms with E-state index in [1.807, 2.05) is 13.0 Å². The van der Waals surface area contributed by atoms with Gasteiger partial charge in [0.2, 0.25) is 5.76 Å². The third kappa shape index (κ3) is 3.74. The molecule has 0 fully saturated rings. The fourth-order valence-electron chi connectivity index (χ4n) is 2.06. The van der Waals surface area contributed by atoms with Crippen LogP contribution in [0.25, 0.3) is 0 Å². The Morgan fingerprint density at radius 1 is 1.43 bits per heavy atom. The second-order valence-corrected chi connectivity index (χ2v) is 6.61. The minimum atomic E-state index is -0.452. The third-order valence-electron chi connectivity index (χ3n) is 3.48. The Bertz CT molecular complexity index is 586. The first-order valence-corrected chi connectivity index (χ1v) is 7.77. The molecule has 0 spiro atoms. The average molecular weight is 307 g/mol. The van der Waals surface area contributed by atoms with E-state index in [1.54, 1.807) is 17.4 Å². The lowest BCUT2D eigenvalue weighted by Crippen LogP contribution is -2.33. The van der Waals surface area contributed by atoms with Gasteiger partial charge in [-0.3, -0.25) is 0 Å². The fraction of sp³-hybridized carbons (Fsp3) is 0.438. The highest BCUT2D eigenvalue weighted by Crippen LogP contribution is 2.27. The van der Waals surface area contributed by atoms with E-state index in [0.717, 1.165) is 12.3 Å². The quantitative estimate of drug-likeness (QED) is 0.826. The molecule has 4 nitrogen and oxygen atoms in total. The molecule has 5 heteroatoms. The predicted molar refractivity (Wildman–Crippen MR) is 83.8 cm³/mol. The Morgan fingerprint density at radius 3 is 2.81 bits per heavy atom. The van der Waals surface area contributed by atoms with Gasteiger partial charge >= 0.3 is 5.97 Å². The van der Waals surface area contributed by atoms with Crippen molar-refractivity contribution in [2.45, 2.75) is 32.2 Å². The second kappa shape index (κ2) is 6.45. The van der Waals surface area contributed by atoms with Crippen LogP contribution in [-0.2, 0) is 10.2 Å². The molecule has 0 aliphatic rings. The highest BCUT2D eigenvalue weighted by atomic mass is 32.1.